The molecule has 1 rings (SSSR count). The summed E-state index contributed by atoms with van der Waals surface area (Å²) in [4.78, 5) is 14.6. The van der Waals surface area contributed by atoms with Crippen LogP contribution in [0.3, 0.4) is 0 Å². The van der Waals surface area contributed by atoms with Crippen LogP contribution >= 0.6 is 26.6 Å². The fourth-order valence-electron chi connectivity index (χ4n) is 0.823. The van der Waals surface area contributed by atoms with E-state index >= 15 is 0 Å². The number of nitrogens with zero attached hydrogens (tertiary/aromatic N) is 1. The summed E-state index contributed by atoms with van der Waals surface area (Å²) in [7, 11) is 2.39. The van der Waals surface area contributed by atoms with E-state index in [-0.39, 0.29) is 15.2 Å². The Labute approximate surface area is 99.0 Å². The van der Waals surface area contributed by atoms with E-state index in [4.69, 9.17) is 10.7 Å². The summed E-state index contributed by atoms with van der Waals surface area (Å²) in [5.41, 5.74) is -0.133. The van der Waals surface area contributed by atoms with Crippen molar-refractivity contribution in [3.63, 3.8) is 0 Å². The molecule has 0 aliphatic heterocycles. The van der Waals surface area contributed by atoms with Crippen LogP contribution in [0.4, 0.5) is 0 Å². The highest BCUT2D eigenvalue weighted by atomic mass is 79.9. The molecule has 5 nitrogen and oxygen atoms in total. The van der Waals surface area contributed by atoms with Crippen LogP contribution in [0.5, 0.6) is 0 Å². The van der Waals surface area contributed by atoms with Gasteiger partial charge in [-0.3, -0.25) is 0 Å². The molecule has 0 fully saturated rings. The highest BCUT2D eigenvalue weighted by Crippen LogP contribution is 2.20. The summed E-state index contributed by atoms with van der Waals surface area (Å²) in [6.07, 6.45) is 0. The maximum absolute atomic E-state index is 11.1. The molecule has 0 N–H and O–H groups in total. The Morgan fingerprint density at radius 3 is 2.60 bits per heavy atom. The summed E-state index contributed by atoms with van der Waals surface area (Å²) in [6, 6.07) is 2.23. The Balaban J connectivity index is 3.35. The van der Waals surface area contributed by atoms with E-state index in [1.54, 1.807) is 0 Å². The van der Waals surface area contributed by atoms with Gasteiger partial charge in [-0.25, -0.2) is 18.2 Å². The quantitative estimate of drug-likeness (QED) is 0.470. The van der Waals surface area contributed by atoms with Crippen LogP contribution in [0, 0.1) is 0 Å². The first-order valence-electron chi connectivity index (χ1n) is 3.55. The minimum absolute atomic E-state index is 0.133. The van der Waals surface area contributed by atoms with Gasteiger partial charge in [-0.15, -0.1) is 0 Å². The molecule has 0 radical (unpaired) electrons. The van der Waals surface area contributed by atoms with Crippen molar-refractivity contribution < 1.29 is 17.9 Å². The van der Waals surface area contributed by atoms with E-state index in [2.05, 4.69) is 25.7 Å². The number of halogens is 2. The minimum atomic E-state index is -3.90. The van der Waals surface area contributed by atoms with Gasteiger partial charge in [-0.2, -0.15) is 0 Å². The van der Waals surface area contributed by atoms with Gasteiger partial charge in [0.05, 0.1) is 12.0 Å². The zero-order chi connectivity index (χ0) is 11.6. The molecule has 1 aromatic rings. The molecule has 0 unspecified atom stereocenters. The number of carbonyl (C=O) groups is 1. The number of esters is 1. The third kappa shape index (κ3) is 3.15. The Morgan fingerprint density at radius 2 is 2.13 bits per heavy atom. The molecule has 0 bridgehead atoms. The van der Waals surface area contributed by atoms with Crippen molar-refractivity contribution in [1.82, 2.24) is 4.98 Å². The highest BCUT2D eigenvalue weighted by molar-refractivity contribution is 9.10. The molecule has 15 heavy (non-hydrogen) atoms. The number of hydrogen-bond donors (Lipinski definition) is 0. The first kappa shape index (κ1) is 12.4. The van der Waals surface area contributed by atoms with Crippen molar-refractivity contribution in [2.24, 2.45) is 0 Å². The second-order valence-electron chi connectivity index (χ2n) is 2.44. The molecule has 0 aromatic carbocycles. The number of rotatable bonds is 2. The number of aromatic nitrogens is 1. The first-order valence-corrected chi connectivity index (χ1v) is 6.65. The zero-order valence-corrected chi connectivity index (χ0v) is 10.6. The number of ether oxygens (including phenoxy) is 1. The fourth-order valence-corrected chi connectivity index (χ4v) is 2.18. The van der Waals surface area contributed by atoms with E-state index in [1.807, 2.05) is 0 Å². The van der Waals surface area contributed by atoms with Gasteiger partial charge in [0.2, 0.25) is 0 Å². The normalized spacial score (nSPS) is 11.1. The molecule has 82 valence electrons. The maximum atomic E-state index is 11.1. The molecule has 1 heterocycles. The van der Waals surface area contributed by atoms with E-state index in [9.17, 15) is 13.2 Å². The van der Waals surface area contributed by atoms with Crippen LogP contribution in [0.2, 0.25) is 0 Å². The summed E-state index contributed by atoms with van der Waals surface area (Å²) in [5.74, 6) is -0.738. The third-order valence-corrected chi connectivity index (χ3v) is 3.18. The van der Waals surface area contributed by atoms with Crippen LogP contribution in [0.25, 0.3) is 0 Å². The largest absolute Gasteiger partial charge is 0.464 e. The van der Waals surface area contributed by atoms with Crippen LogP contribution in [-0.4, -0.2) is 26.5 Å². The van der Waals surface area contributed by atoms with E-state index in [1.165, 1.54) is 13.2 Å². The van der Waals surface area contributed by atoms with Crippen molar-refractivity contribution in [3.8, 4) is 0 Å². The molecule has 1 aromatic heterocycles. The lowest BCUT2D eigenvalue weighted by Gasteiger charge is -2.01. The lowest BCUT2D eigenvalue weighted by Crippen LogP contribution is -2.06. The molecule has 0 saturated heterocycles. The molecule has 0 aliphatic carbocycles. The predicted octanol–water partition coefficient (Wildman–Crippen LogP) is 1.56. The topological polar surface area (TPSA) is 73.3 Å². The minimum Gasteiger partial charge on any atom is -0.464 e. The SMILES string of the molecule is COC(=O)c1cc(S(=O)(=O)Cl)cc(Br)n1. The average molecular weight is 315 g/mol. The van der Waals surface area contributed by atoms with Crippen LogP contribution in [0.15, 0.2) is 21.6 Å². The van der Waals surface area contributed by atoms with Crippen molar-refractivity contribution in [3.05, 3.63) is 22.4 Å². The van der Waals surface area contributed by atoms with Gasteiger partial charge >= 0.3 is 5.97 Å². The predicted molar refractivity (Wildman–Crippen MR) is 56.3 cm³/mol. The Kier molecular flexibility index (Phi) is 3.69. The molecule has 0 aliphatic rings. The Morgan fingerprint density at radius 1 is 1.53 bits per heavy atom. The number of pyridine rings is 1. The number of carbonyl (C=O) groups excluding carboxylic acids is 1. The fraction of sp³-hybridized carbons (Fsp3) is 0.143. The van der Waals surface area contributed by atoms with Crippen molar-refractivity contribution in [2.45, 2.75) is 4.90 Å². The van der Waals surface area contributed by atoms with Gasteiger partial charge in [0.15, 0.2) is 5.69 Å². The van der Waals surface area contributed by atoms with E-state index < -0.39 is 15.0 Å². The van der Waals surface area contributed by atoms with Gasteiger partial charge in [-0.05, 0) is 28.1 Å². The first-order chi connectivity index (χ1) is 6.84. The lowest BCUT2D eigenvalue weighted by molar-refractivity contribution is 0.0593. The Hall–Kier alpha value is -0.660. The van der Waals surface area contributed by atoms with Gasteiger partial charge in [0.1, 0.15) is 4.60 Å². The van der Waals surface area contributed by atoms with Crippen molar-refractivity contribution in [1.29, 1.82) is 0 Å². The second-order valence-corrected chi connectivity index (χ2v) is 5.82. The average Bonchev–Trinajstić information content (AvgIpc) is 2.14. The monoisotopic (exact) mass is 313 g/mol. The standard InChI is InChI=1S/C7H5BrClNO4S/c1-14-7(11)5-2-4(15(9,12)13)3-6(8)10-5/h2-3H,1H3. The van der Waals surface area contributed by atoms with E-state index in [0.717, 1.165) is 6.07 Å². The number of methoxy groups -OCH3 is 1. The van der Waals surface area contributed by atoms with Crippen LogP contribution in [0.1, 0.15) is 10.5 Å². The summed E-state index contributed by atoms with van der Waals surface area (Å²) < 4.78 is 26.6. The van der Waals surface area contributed by atoms with Crippen molar-refractivity contribution in [2.75, 3.05) is 7.11 Å². The molecule has 0 saturated carbocycles. The molecular weight excluding hydrogens is 310 g/mol. The lowest BCUT2D eigenvalue weighted by atomic mass is 10.3. The smallest absolute Gasteiger partial charge is 0.356 e. The van der Waals surface area contributed by atoms with Gasteiger partial charge in [0.25, 0.3) is 9.05 Å². The van der Waals surface area contributed by atoms with Crippen molar-refractivity contribution >= 4 is 41.6 Å². The summed E-state index contributed by atoms with van der Waals surface area (Å²) in [6.45, 7) is 0. The third-order valence-electron chi connectivity index (χ3n) is 1.44. The second kappa shape index (κ2) is 4.46. The maximum Gasteiger partial charge on any atom is 0.356 e. The molecule has 8 heteroatoms. The summed E-state index contributed by atoms with van der Waals surface area (Å²) >= 11 is 2.96. The van der Waals surface area contributed by atoms with Gasteiger partial charge in [-0.1, -0.05) is 0 Å². The highest BCUT2D eigenvalue weighted by Gasteiger charge is 2.16. The molecule has 0 amide bonds. The van der Waals surface area contributed by atoms with Gasteiger partial charge < -0.3 is 4.74 Å². The zero-order valence-electron chi connectivity index (χ0n) is 7.40. The Bertz CT molecular complexity index is 502. The molecular formula is C7H5BrClNO4S. The van der Waals surface area contributed by atoms with E-state index in [0.29, 0.717) is 0 Å². The molecule has 0 atom stereocenters. The number of hydrogen-bond acceptors (Lipinski definition) is 5. The van der Waals surface area contributed by atoms with Crippen LogP contribution < -0.4 is 0 Å². The summed E-state index contributed by atoms with van der Waals surface area (Å²) in [5, 5.41) is 0. The van der Waals surface area contributed by atoms with Gasteiger partial charge in [0, 0.05) is 10.7 Å². The van der Waals surface area contributed by atoms with Crippen LogP contribution in [-0.2, 0) is 13.8 Å². The molecule has 0 spiro atoms.